The molecule has 2 aromatic heterocycles. The number of hydrogen-bond acceptors (Lipinski definition) is 5. The molecule has 8 heteroatoms. The molecule has 4 rings (SSSR count). The Kier molecular flexibility index (Phi) is 7.83. The highest BCUT2D eigenvalue weighted by atomic mass is 35.5. The Hall–Kier alpha value is -2.22. The predicted molar refractivity (Wildman–Crippen MR) is 128 cm³/mol. The number of halogens is 1. The lowest BCUT2D eigenvalue weighted by Crippen LogP contribution is -2.47. The molecule has 1 N–H and O–H groups in total. The zero-order valence-electron chi connectivity index (χ0n) is 19.4. The van der Waals surface area contributed by atoms with E-state index < -0.39 is 0 Å². The molecule has 2 unspecified atom stereocenters. The molecule has 1 aliphatic carbocycles. The average Bonchev–Trinajstić information content (AvgIpc) is 3.66. The van der Waals surface area contributed by atoms with E-state index in [9.17, 15) is 9.59 Å². The molecule has 0 spiro atoms. The van der Waals surface area contributed by atoms with Gasteiger partial charge in [-0.2, -0.15) is 0 Å². The first-order valence-electron chi connectivity index (χ1n) is 11.8. The smallest absolute Gasteiger partial charge is 0.250 e. The number of nitrogens with zero attached hydrogens (tertiary/aromatic N) is 3. The van der Waals surface area contributed by atoms with Crippen LogP contribution in [0.3, 0.4) is 0 Å². The van der Waals surface area contributed by atoms with Gasteiger partial charge in [0.15, 0.2) is 0 Å². The van der Waals surface area contributed by atoms with Gasteiger partial charge in [-0.25, -0.2) is 0 Å². The van der Waals surface area contributed by atoms with E-state index in [0.717, 1.165) is 55.5 Å². The van der Waals surface area contributed by atoms with E-state index in [4.69, 9.17) is 16.3 Å². The monoisotopic (exact) mass is 472 g/mol. The largest absolute Gasteiger partial charge is 0.385 e. The van der Waals surface area contributed by atoms with Gasteiger partial charge in [0, 0.05) is 64.0 Å². The van der Waals surface area contributed by atoms with Gasteiger partial charge in [0.2, 0.25) is 5.91 Å². The molecular formula is C25H33ClN4O3. The molecule has 33 heavy (non-hydrogen) atoms. The SMILES string of the molecule is COCCCc1cc(CN(C(=O)C2CNCCC2c2ccn(C)c(=O)c2)C2CC2)c(Cl)cn1. The summed E-state index contributed by atoms with van der Waals surface area (Å²) in [4.78, 5) is 32.5. The summed E-state index contributed by atoms with van der Waals surface area (Å²) < 4.78 is 6.71. The minimum atomic E-state index is -0.201. The van der Waals surface area contributed by atoms with Crippen LogP contribution in [0, 0.1) is 5.92 Å². The minimum Gasteiger partial charge on any atom is -0.385 e. The number of pyridine rings is 2. The van der Waals surface area contributed by atoms with Crippen LogP contribution in [0.5, 0.6) is 0 Å². The van der Waals surface area contributed by atoms with Crippen LogP contribution in [-0.2, 0) is 29.5 Å². The second-order valence-electron chi connectivity index (χ2n) is 9.18. The standard InChI is InChI=1S/C25H33ClN4O3/c1-29-10-8-17(13-24(29)31)21-7-9-27-14-22(21)25(32)30(20-5-6-20)16-18-12-19(4-3-11-33-2)28-15-23(18)26/h8,10,12-13,15,20-22,27H,3-7,9,11,14,16H2,1-2H3. The number of hydrogen-bond donors (Lipinski definition) is 1. The van der Waals surface area contributed by atoms with E-state index in [1.54, 1.807) is 37.2 Å². The van der Waals surface area contributed by atoms with Crippen molar-refractivity contribution >= 4 is 17.5 Å². The summed E-state index contributed by atoms with van der Waals surface area (Å²) in [5.74, 6) is -0.0242. The van der Waals surface area contributed by atoms with Crippen molar-refractivity contribution in [1.82, 2.24) is 19.8 Å². The highest BCUT2D eigenvalue weighted by molar-refractivity contribution is 6.31. The predicted octanol–water partition coefficient (Wildman–Crippen LogP) is 2.90. The normalized spacial score (nSPS) is 20.6. The number of carbonyl (C=O) groups excluding carboxylic acids is 1. The van der Waals surface area contributed by atoms with Crippen molar-refractivity contribution in [1.29, 1.82) is 0 Å². The van der Waals surface area contributed by atoms with Gasteiger partial charge in [-0.1, -0.05) is 11.6 Å². The minimum absolute atomic E-state index is 0.0337. The number of aryl methyl sites for hydroxylation is 2. The molecule has 2 fully saturated rings. The molecule has 2 atom stereocenters. The van der Waals surface area contributed by atoms with Gasteiger partial charge in [0.05, 0.1) is 10.9 Å². The highest BCUT2D eigenvalue weighted by Crippen LogP contribution is 2.36. The van der Waals surface area contributed by atoms with Crippen molar-refractivity contribution in [2.45, 2.75) is 50.6 Å². The topological polar surface area (TPSA) is 76.5 Å². The lowest BCUT2D eigenvalue weighted by Gasteiger charge is -2.36. The number of ether oxygens (including phenoxy) is 1. The zero-order valence-corrected chi connectivity index (χ0v) is 20.2. The summed E-state index contributed by atoms with van der Waals surface area (Å²) >= 11 is 6.50. The van der Waals surface area contributed by atoms with Gasteiger partial charge in [-0.15, -0.1) is 0 Å². The van der Waals surface area contributed by atoms with E-state index in [0.29, 0.717) is 24.7 Å². The summed E-state index contributed by atoms with van der Waals surface area (Å²) in [6, 6.07) is 5.94. The van der Waals surface area contributed by atoms with Crippen molar-refractivity contribution in [3.63, 3.8) is 0 Å². The third-order valence-corrected chi connectivity index (χ3v) is 7.08. The Morgan fingerprint density at radius 2 is 2.15 bits per heavy atom. The molecule has 1 saturated carbocycles. The fourth-order valence-electron chi connectivity index (χ4n) is 4.67. The number of nitrogens with one attached hydrogen (secondary N) is 1. The summed E-state index contributed by atoms with van der Waals surface area (Å²) in [5.41, 5.74) is 2.82. The fourth-order valence-corrected chi connectivity index (χ4v) is 4.83. The van der Waals surface area contributed by atoms with Crippen LogP contribution in [0.1, 0.15) is 48.4 Å². The number of amides is 1. The van der Waals surface area contributed by atoms with E-state index in [2.05, 4.69) is 10.3 Å². The van der Waals surface area contributed by atoms with Gasteiger partial charge in [0.25, 0.3) is 5.56 Å². The molecule has 7 nitrogen and oxygen atoms in total. The van der Waals surface area contributed by atoms with E-state index >= 15 is 0 Å². The fraction of sp³-hybridized carbons (Fsp3) is 0.560. The molecule has 1 aliphatic heterocycles. The Bertz CT molecular complexity index is 1040. The Balaban J connectivity index is 1.55. The van der Waals surface area contributed by atoms with Gasteiger partial charge in [-0.3, -0.25) is 14.6 Å². The Morgan fingerprint density at radius 3 is 2.88 bits per heavy atom. The van der Waals surface area contributed by atoms with Gasteiger partial charge in [0.1, 0.15) is 0 Å². The molecule has 0 aromatic carbocycles. The summed E-state index contributed by atoms with van der Waals surface area (Å²) in [5, 5.41) is 3.98. The summed E-state index contributed by atoms with van der Waals surface area (Å²) in [7, 11) is 3.44. The quantitative estimate of drug-likeness (QED) is 0.568. The van der Waals surface area contributed by atoms with Gasteiger partial charge < -0.3 is 19.5 Å². The molecule has 2 aliphatic rings. The molecule has 1 amide bonds. The van der Waals surface area contributed by atoms with Crippen molar-refractivity contribution in [2.24, 2.45) is 13.0 Å². The summed E-state index contributed by atoms with van der Waals surface area (Å²) in [6.45, 7) is 2.63. The lowest BCUT2D eigenvalue weighted by atomic mass is 9.80. The first-order valence-corrected chi connectivity index (χ1v) is 12.2. The summed E-state index contributed by atoms with van der Waals surface area (Å²) in [6.07, 6.45) is 8.06. The molecule has 178 valence electrons. The second kappa shape index (κ2) is 10.8. The van der Waals surface area contributed by atoms with E-state index in [-0.39, 0.29) is 29.3 Å². The van der Waals surface area contributed by atoms with Crippen LogP contribution in [0.4, 0.5) is 0 Å². The Morgan fingerprint density at radius 1 is 1.33 bits per heavy atom. The van der Waals surface area contributed by atoms with Crippen LogP contribution < -0.4 is 10.9 Å². The van der Waals surface area contributed by atoms with Crippen molar-refractivity contribution in [3.05, 3.63) is 62.8 Å². The maximum Gasteiger partial charge on any atom is 0.250 e. The molecule has 0 bridgehead atoms. The van der Waals surface area contributed by atoms with Crippen LogP contribution in [0.25, 0.3) is 0 Å². The number of aromatic nitrogens is 2. The third-order valence-electron chi connectivity index (χ3n) is 6.74. The second-order valence-corrected chi connectivity index (χ2v) is 9.58. The number of piperidine rings is 1. The van der Waals surface area contributed by atoms with E-state index in [1.165, 1.54) is 0 Å². The number of rotatable bonds is 9. The van der Waals surface area contributed by atoms with Crippen LogP contribution in [0.15, 0.2) is 35.4 Å². The van der Waals surface area contributed by atoms with Crippen LogP contribution in [0.2, 0.25) is 5.02 Å². The highest BCUT2D eigenvalue weighted by Gasteiger charge is 2.40. The van der Waals surface area contributed by atoms with Crippen LogP contribution >= 0.6 is 11.6 Å². The van der Waals surface area contributed by atoms with Crippen molar-refractivity contribution in [2.75, 3.05) is 26.8 Å². The molecule has 1 saturated heterocycles. The first-order chi connectivity index (χ1) is 16.0. The van der Waals surface area contributed by atoms with Gasteiger partial charge in [-0.05, 0) is 67.8 Å². The Labute approximate surface area is 200 Å². The third kappa shape index (κ3) is 5.83. The van der Waals surface area contributed by atoms with Gasteiger partial charge >= 0.3 is 0 Å². The number of methoxy groups -OCH3 is 1. The lowest BCUT2D eigenvalue weighted by molar-refractivity contribution is -0.138. The first kappa shape index (κ1) is 23.9. The average molecular weight is 473 g/mol. The van der Waals surface area contributed by atoms with Crippen molar-refractivity contribution < 1.29 is 9.53 Å². The van der Waals surface area contributed by atoms with Crippen LogP contribution in [-0.4, -0.2) is 53.2 Å². The molecule has 0 radical (unpaired) electrons. The maximum absolute atomic E-state index is 13.9. The molecule has 3 heterocycles. The number of carbonyl (C=O) groups is 1. The maximum atomic E-state index is 13.9. The molecule has 2 aromatic rings. The van der Waals surface area contributed by atoms with E-state index in [1.807, 2.05) is 17.0 Å². The molecular weight excluding hydrogens is 440 g/mol. The van der Waals surface area contributed by atoms with Crippen molar-refractivity contribution in [3.8, 4) is 0 Å². The zero-order chi connectivity index (χ0) is 23.4.